The lowest BCUT2D eigenvalue weighted by atomic mass is 10.1. The minimum absolute atomic E-state index is 0.0330. The van der Waals surface area contributed by atoms with Crippen LogP contribution in [0, 0.1) is 0 Å². The molecule has 0 aliphatic carbocycles. The van der Waals surface area contributed by atoms with Crippen molar-refractivity contribution in [3.63, 3.8) is 0 Å². The van der Waals surface area contributed by atoms with Gasteiger partial charge in [0.15, 0.2) is 6.29 Å². The van der Waals surface area contributed by atoms with Crippen molar-refractivity contribution in [1.82, 2.24) is 0 Å². The average molecular weight is 525 g/mol. The molecule has 3 aromatic rings. The third kappa shape index (κ3) is 7.94. The first-order valence-corrected chi connectivity index (χ1v) is 13.7. The Labute approximate surface area is 218 Å². The summed E-state index contributed by atoms with van der Waals surface area (Å²) >= 11 is 0. The molecule has 37 heavy (non-hydrogen) atoms. The first-order valence-electron chi connectivity index (χ1n) is 12.1. The maximum atomic E-state index is 13.3. The lowest BCUT2D eigenvalue weighted by Gasteiger charge is -2.25. The second-order valence-corrected chi connectivity index (χ2v) is 10.5. The van der Waals surface area contributed by atoms with Crippen LogP contribution in [0.15, 0.2) is 96.8 Å². The summed E-state index contributed by atoms with van der Waals surface area (Å²) in [5.74, 6) is 1.45. The van der Waals surface area contributed by atoms with Crippen LogP contribution in [0.3, 0.4) is 0 Å². The number of rotatable bonds is 13. The van der Waals surface area contributed by atoms with Gasteiger partial charge in [-0.3, -0.25) is 4.57 Å². The van der Waals surface area contributed by atoms with Crippen LogP contribution in [0.5, 0.6) is 0 Å². The molecule has 0 saturated carbocycles. The van der Waals surface area contributed by atoms with Crippen molar-refractivity contribution in [2.24, 2.45) is 0 Å². The molecule has 0 aromatic heterocycles. The molecule has 0 amide bonds. The lowest BCUT2D eigenvalue weighted by Crippen LogP contribution is -2.39. The van der Waals surface area contributed by atoms with Crippen LogP contribution in [-0.2, 0) is 45.8 Å². The van der Waals surface area contributed by atoms with E-state index < -0.39 is 32.2 Å². The highest BCUT2D eigenvalue weighted by molar-refractivity contribution is 7.57. The quantitative estimate of drug-likeness (QED) is 0.252. The smallest absolute Gasteiger partial charge is 0.354 e. The molecule has 1 unspecified atom stereocenters. The van der Waals surface area contributed by atoms with E-state index in [1.54, 1.807) is 13.2 Å². The molecule has 5 atom stereocenters. The zero-order valence-electron chi connectivity index (χ0n) is 21.1. The average Bonchev–Trinajstić information content (AvgIpc) is 3.30. The summed E-state index contributed by atoms with van der Waals surface area (Å²) < 4.78 is 48.6. The zero-order chi connectivity index (χ0) is 25.9. The van der Waals surface area contributed by atoms with Crippen molar-refractivity contribution in [3.8, 4) is 0 Å². The molecule has 0 radical (unpaired) electrons. The van der Waals surface area contributed by atoms with Gasteiger partial charge in [0.05, 0.1) is 19.8 Å². The predicted octanol–water partition coefficient (Wildman–Crippen LogP) is 6.06. The van der Waals surface area contributed by atoms with E-state index in [2.05, 4.69) is 0 Å². The Bertz CT molecular complexity index is 1140. The minimum atomic E-state index is -3.53. The summed E-state index contributed by atoms with van der Waals surface area (Å²) in [6.45, 7) is 0.682. The van der Waals surface area contributed by atoms with Gasteiger partial charge in [0.2, 0.25) is 0 Å². The first-order chi connectivity index (χ1) is 18.1. The van der Waals surface area contributed by atoms with Crippen LogP contribution < -0.4 is 0 Å². The van der Waals surface area contributed by atoms with Gasteiger partial charge < -0.3 is 28.0 Å². The Morgan fingerprint density at radius 1 is 0.784 bits per heavy atom. The lowest BCUT2D eigenvalue weighted by molar-refractivity contribution is -0.168. The number of hydrogen-bond donors (Lipinski definition) is 0. The van der Waals surface area contributed by atoms with Crippen molar-refractivity contribution in [2.45, 2.75) is 37.8 Å². The molecule has 0 bridgehead atoms. The monoisotopic (exact) mass is 524 g/mol. The molecule has 196 valence electrons. The van der Waals surface area contributed by atoms with E-state index in [0.717, 1.165) is 16.7 Å². The molecule has 0 N–H and O–H groups in total. The predicted molar refractivity (Wildman–Crippen MR) is 142 cm³/mol. The maximum Gasteiger partial charge on any atom is 0.354 e. The SMILES string of the molecule is CO[C@H]1O[C@H](COP(=O)(/C=C/c2ccccc2)OC)[C@@H](OCc2ccccc2)[C@@H]1OCc1ccccc1. The molecule has 1 aliphatic heterocycles. The fourth-order valence-electron chi connectivity index (χ4n) is 4.00. The van der Waals surface area contributed by atoms with Crippen molar-refractivity contribution in [3.05, 3.63) is 114 Å². The molecule has 8 heteroatoms. The molecular weight excluding hydrogens is 491 g/mol. The number of ether oxygens (including phenoxy) is 4. The van der Waals surface area contributed by atoms with Gasteiger partial charge in [-0.15, -0.1) is 0 Å². The number of methoxy groups -OCH3 is 1. The summed E-state index contributed by atoms with van der Waals surface area (Å²) in [6.07, 6.45) is -0.614. The van der Waals surface area contributed by atoms with Gasteiger partial charge in [0.25, 0.3) is 0 Å². The van der Waals surface area contributed by atoms with Crippen molar-refractivity contribution in [1.29, 1.82) is 0 Å². The Morgan fingerprint density at radius 2 is 1.32 bits per heavy atom. The van der Waals surface area contributed by atoms with Gasteiger partial charge in [0.1, 0.15) is 18.3 Å². The van der Waals surface area contributed by atoms with Gasteiger partial charge in [-0.25, -0.2) is 0 Å². The van der Waals surface area contributed by atoms with Gasteiger partial charge in [-0.05, 0) is 22.8 Å². The van der Waals surface area contributed by atoms with Gasteiger partial charge in [0, 0.05) is 20.0 Å². The second-order valence-electron chi connectivity index (χ2n) is 8.55. The molecule has 7 nitrogen and oxygen atoms in total. The number of benzene rings is 3. The summed E-state index contributed by atoms with van der Waals surface area (Å²) in [7, 11) is -0.611. The molecule has 1 saturated heterocycles. The van der Waals surface area contributed by atoms with Crippen molar-refractivity contribution in [2.75, 3.05) is 20.8 Å². The van der Waals surface area contributed by atoms with Crippen LogP contribution in [0.2, 0.25) is 0 Å². The fourth-order valence-corrected chi connectivity index (χ4v) is 5.02. The minimum Gasteiger partial charge on any atom is -0.368 e. The first kappa shape index (κ1) is 27.4. The van der Waals surface area contributed by atoms with E-state index in [1.165, 1.54) is 12.9 Å². The van der Waals surface area contributed by atoms with Gasteiger partial charge in [-0.1, -0.05) is 91.0 Å². The highest BCUT2D eigenvalue weighted by Gasteiger charge is 2.47. The third-order valence-electron chi connectivity index (χ3n) is 5.99. The summed E-state index contributed by atoms with van der Waals surface area (Å²) in [5, 5.41) is 0. The van der Waals surface area contributed by atoms with Gasteiger partial charge >= 0.3 is 7.60 Å². The van der Waals surface area contributed by atoms with Crippen molar-refractivity contribution < 1.29 is 32.6 Å². The van der Waals surface area contributed by atoms with E-state index >= 15 is 0 Å². The molecule has 3 aromatic carbocycles. The van der Waals surface area contributed by atoms with E-state index in [4.69, 9.17) is 28.0 Å². The van der Waals surface area contributed by atoms with Crippen LogP contribution in [0.1, 0.15) is 16.7 Å². The van der Waals surface area contributed by atoms with E-state index in [1.807, 2.05) is 91.0 Å². The zero-order valence-corrected chi connectivity index (χ0v) is 21.9. The van der Waals surface area contributed by atoms with Crippen LogP contribution in [0.25, 0.3) is 6.08 Å². The third-order valence-corrected chi connectivity index (χ3v) is 7.52. The molecule has 0 spiro atoms. The van der Waals surface area contributed by atoms with Gasteiger partial charge in [-0.2, -0.15) is 0 Å². The largest absolute Gasteiger partial charge is 0.368 e. The molecule has 4 rings (SSSR count). The number of hydrogen-bond acceptors (Lipinski definition) is 7. The molecule has 1 heterocycles. The van der Waals surface area contributed by atoms with Crippen LogP contribution >= 0.6 is 7.60 Å². The van der Waals surface area contributed by atoms with E-state index in [0.29, 0.717) is 13.2 Å². The Kier molecular flexibility index (Phi) is 10.2. The Morgan fingerprint density at radius 3 is 1.86 bits per heavy atom. The molecular formula is C29H33O7P. The topological polar surface area (TPSA) is 72.5 Å². The standard InChI is InChI=1S/C29H33O7P/c1-31-29-28(34-21-25-16-10-5-11-17-25)27(33-20-24-14-8-4-9-15-24)26(36-29)22-35-37(30,32-2)19-18-23-12-6-3-7-13-23/h3-19,26-29H,20-22H2,1-2H3/b19-18+/t26-,27-,28+,29+,37?/m1/s1. The normalized spacial score (nSPS) is 23.3. The molecule has 1 aliphatic rings. The summed E-state index contributed by atoms with van der Waals surface area (Å²) in [6, 6.07) is 29.2. The van der Waals surface area contributed by atoms with Crippen LogP contribution in [0.4, 0.5) is 0 Å². The highest BCUT2D eigenvalue weighted by Crippen LogP contribution is 2.50. The van der Waals surface area contributed by atoms with E-state index in [9.17, 15) is 4.57 Å². The van der Waals surface area contributed by atoms with Crippen LogP contribution in [-0.4, -0.2) is 45.4 Å². The Hall–Kier alpha value is -2.61. The highest BCUT2D eigenvalue weighted by atomic mass is 31.2. The van der Waals surface area contributed by atoms with Crippen molar-refractivity contribution >= 4 is 13.7 Å². The molecule has 1 fully saturated rings. The summed E-state index contributed by atoms with van der Waals surface area (Å²) in [5.41, 5.74) is 2.92. The fraction of sp³-hybridized carbons (Fsp3) is 0.310. The summed E-state index contributed by atoms with van der Waals surface area (Å²) in [4.78, 5) is 0. The second kappa shape index (κ2) is 13.8. The Balaban J connectivity index is 1.47. The maximum absolute atomic E-state index is 13.3. The van der Waals surface area contributed by atoms with E-state index in [-0.39, 0.29) is 6.61 Å².